The molecule has 5 rings (SSSR count). The molecule has 0 radical (unpaired) electrons. The van der Waals surface area contributed by atoms with Gasteiger partial charge in [0.1, 0.15) is 5.65 Å². The average molecular weight is 234 g/mol. The number of aromatic nitrogens is 3. The molecule has 3 aliphatic rings. The lowest BCUT2D eigenvalue weighted by atomic mass is 9.49. The Labute approximate surface area is 98.5 Å². The summed E-state index contributed by atoms with van der Waals surface area (Å²) in [4.78, 5) is 8.45. The summed E-state index contributed by atoms with van der Waals surface area (Å²) in [5.74, 6) is 0.968. The molecule has 0 unspecified atom stereocenters. The largest absolute Gasteiger partial charge is 0.326 e. The zero-order valence-electron chi connectivity index (χ0n) is 9.07. The van der Waals surface area contributed by atoms with Crippen LogP contribution in [-0.2, 0) is 5.54 Å². The predicted octanol–water partition coefficient (Wildman–Crippen LogP) is 2.90. The fraction of sp³-hybridized carbons (Fsp3) is 0.500. The second kappa shape index (κ2) is 2.59. The van der Waals surface area contributed by atoms with E-state index in [0.717, 1.165) is 17.0 Å². The molecule has 2 aromatic heterocycles. The van der Waals surface area contributed by atoms with Crippen molar-refractivity contribution >= 4 is 22.6 Å². The highest BCUT2D eigenvalue weighted by Gasteiger charge is 2.58. The van der Waals surface area contributed by atoms with Crippen molar-refractivity contribution in [3.63, 3.8) is 0 Å². The van der Waals surface area contributed by atoms with Crippen molar-refractivity contribution in [2.24, 2.45) is 5.92 Å². The van der Waals surface area contributed by atoms with Crippen molar-refractivity contribution in [3.05, 3.63) is 23.2 Å². The van der Waals surface area contributed by atoms with E-state index in [1.54, 1.807) is 0 Å². The van der Waals surface area contributed by atoms with Crippen molar-refractivity contribution in [1.82, 2.24) is 14.5 Å². The van der Waals surface area contributed by atoms with Crippen molar-refractivity contribution in [3.8, 4) is 0 Å². The van der Waals surface area contributed by atoms with Crippen molar-refractivity contribution < 1.29 is 0 Å². The summed E-state index contributed by atoms with van der Waals surface area (Å²) in [6, 6.07) is 0. The summed E-state index contributed by atoms with van der Waals surface area (Å²) in [5, 5.41) is 1.48. The van der Waals surface area contributed by atoms with Gasteiger partial charge in [-0.25, -0.2) is 4.98 Å². The summed E-state index contributed by atoms with van der Waals surface area (Å²) < 4.78 is 2.34. The molecular weight excluding hydrogens is 222 g/mol. The lowest BCUT2D eigenvalue weighted by Gasteiger charge is -2.62. The Kier molecular flexibility index (Phi) is 1.46. The van der Waals surface area contributed by atoms with E-state index < -0.39 is 0 Å². The molecule has 3 saturated carbocycles. The van der Waals surface area contributed by atoms with Gasteiger partial charge >= 0.3 is 0 Å². The summed E-state index contributed by atoms with van der Waals surface area (Å²) in [5.41, 5.74) is 2.63. The highest BCUT2D eigenvalue weighted by Crippen LogP contribution is 2.63. The summed E-state index contributed by atoms with van der Waals surface area (Å²) >= 11 is 5.89. The molecule has 0 amide bonds. The number of aryl methyl sites for hydroxylation is 1. The summed E-state index contributed by atoms with van der Waals surface area (Å²) in [6.07, 6.45) is 8.00. The van der Waals surface area contributed by atoms with E-state index in [-0.39, 0.29) is 0 Å². The maximum atomic E-state index is 5.89. The van der Waals surface area contributed by atoms with Gasteiger partial charge in [-0.05, 0) is 49.3 Å². The zero-order chi connectivity index (χ0) is 10.9. The van der Waals surface area contributed by atoms with Gasteiger partial charge in [0.15, 0.2) is 0 Å². The Balaban J connectivity index is 2.01. The maximum Gasteiger partial charge on any atom is 0.224 e. The van der Waals surface area contributed by atoms with Gasteiger partial charge in [0.2, 0.25) is 5.28 Å². The van der Waals surface area contributed by atoms with Gasteiger partial charge in [-0.3, -0.25) is 0 Å². The van der Waals surface area contributed by atoms with Crippen molar-refractivity contribution in [2.45, 2.75) is 31.7 Å². The highest BCUT2D eigenvalue weighted by molar-refractivity contribution is 6.28. The maximum absolute atomic E-state index is 5.89. The minimum atomic E-state index is 0.346. The second-order valence-electron chi connectivity index (χ2n) is 5.26. The van der Waals surface area contributed by atoms with Gasteiger partial charge in [-0.15, -0.1) is 0 Å². The zero-order valence-corrected chi connectivity index (χ0v) is 9.83. The van der Waals surface area contributed by atoms with E-state index in [2.05, 4.69) is 27.7 Å². The first-order valence-electron chi connectivity index (χ1n) is 5.69. The Bertz CT molecular complexity index is 585. The lowest BCUT2D eigenvalue weighted by molar-refractivity contribution is -0.0859. The molecule has 3 aliphatic carbocycles. The molecule has 0 atom stereocenters. The van der Waals surface area contributed by atoms with Crippen LogP contribution in [0.2, 0.25) is 5.28 Å². The third-order valence-electron chi connectivity index (χ3n) is 4.23. The van der Waals surface area contributed by atoms with Crippen LogP contribution in [0, 0.1) is 12.8 Å². The molecule has 0 aromatic carbocycles. The third-order valence-corrected chi connectivity index (χ3v) is 4.41. The smallest absolute Gasteiger partial charge is 0.224 e. The van der Waals surface area contributed by atoms with Crippen LogP contribution in [0.3, 0.4) is 0 Å². The first-order valence-corrected chi connectivity index (χ1v) is 6.06. The molecule has 0 spiro atoms. The Hall–Kier alpha value is -1.09. The average Bonchev–Trinajstić information content (AvgIpc) is 2.39. The molecule has 2 bridgehead atoms. The van der Waals surface area contributed by atoms with Gasteiger partial charge < -0.3 is 4.57 Å². The second-order valence-corrected chi connectivity index (χ2v) is 5.60. The van der Waals surface area contributed by atoms with E-state index in [9.17, 15) is 0 Å². The van der Waals surface area contributed by atoms with Crippen molar-refractivity contribution in [2.75, 3.05) is 0 Å². The molecular formula is C12H12ClN3. The number of fused-ring (bicyclic) bond motifs is 1. The van der Waals surface area contributed by atoms with Crippen LogP contribution in [0.15, 0.2) is 12.4 Å². The Morgan fingerprint density at radius 1 is 1.44 bits per heavy atom. The third kappa shape index (κ3) is 0.908. The number of hydrogen-bond donors (Lipinski definition) is 0. The van der Waals surface area contributed by atoms with Gasteiger partial charge in [-0.1, -0.05) is 0 Å². The standard InChI is InChI=1S/C12H12ClN3/c1-7-6-16(12-2-8(3-12)4-12)10-9(7)5-14-11(13)15-10/h5-6,8H,2-4H2,1H3. The molecule has 2 aromatic rings. The van der Waals surface area contributed by atoms with Crippen LogP contribution >= 0.6 is 11.6 Å². The lowest BCUT2D eigenvalue weighted by Crippen LogP contribution is -2.59. The Morgan fingerprint density at radius 2 is 2.19 bits per heavy atom. The molecule has 3 fully saturated rings. The quantitative estimate of drug-likeness (QED) is 0.709. The Morgan fingerprint density at radius 3 is 2.81 bits per heavy atom. The summed E-state index contributed by atoms with van der Waals surface area (Å²) in [6.45, 7) is 2.11. The van der Waals surface area contributed by atoms with E-state index in [0.29, 0.717) is 10.8 Å². The van der Waals surface area contributed by atoms with Crippen LogP contribution < -0.4 is 0 Å². The molecule has 0 N–H and O–H groups in total. The first-order chi connectivity index (χ1) is 7.68. The van der Waals surface area contributed by atoms with Crippen molar-refractivity contribution in [1.29, 1.82) is 0 Å². The number of nitrogens with zero attached hydrogens (tertiary/aromatic N) is 3. The number of halogens is 1. The molecule has 4 heteroatoms. The summed E-state index contributed by atoms with van der Waals surface area (Å²) in [7, 11) is 0. The minimum absolute atomic E-state index is 0.346. The highest BCUT2D eigenvalue weighted by atomic mass is 35.5. The van der Waals surface area contributed by atoms with E-state index in [1.807, 2.05) is 6.20 Å². The van der Waals surface area contributed by atoms with Crippen LogP contribution in [0.1, 0.15) is 24.8 Å². The van der Waals surface area contributed by atoms with E-state index in [1.165, 1.54) is 24.8 Å². The topological polar surface area (TPSA) is 30.7 Å². The SMILES string of the molecule is Cc1cn(C23CC(C2)C3)c2nc(Cl)ncc12. The molecule has 0 saturated heterocycles. The van der Waals surface area contributed by atoms with Crippen LogP contribution in [0.5, 0.6) is 0 Å². The predicted molar refractivity (Wildman–Crippen MR) is 62.6 cm³/mol. The van der Waals surface area contributed by atoms with Gasteiger partial charge in [0.25, 0.3) is 0 Å². The molecule has 2 heterocycles. The van der Waals surface area contributed by atoms with E-state index in [4.69, 9.17) is 11.6 Å². The molecule has 16 heavy (non-hydrogen) atoms. The minimum Gasteiger partial charge on any atom is -0.326 e. The van der Waals surface area contributed by atoms with Gasteiger partial charge in [-0.2, -0.15) is 4.98 Å². The van der Waals surface area contributed by atoms with E-state index >= 15 is 0 Å². The van der Waals surface area contributed by atoms with Gasteiger partial charge in [0, 0.05) is 23.3 Å². The van der Waals surface area contributed by atoms with Crippen LogP contribution in [0.25, 0.3) is 11.0 Å². The monoisotopic (exact) mass is 233 g/mol. The number of rotatable bonds is 1. The normalized spacial score (nSPS) is 31.2. The molecule has 3 nitrogen and oxygen atoms in total. The van der Waals surface area contributed by atoms with Crippen LogP contribution in [-0.4, -0.2) is 14.5 Å². The van der Waals surface area contributed by atoms with Crippen LogP contribution in [0.4, 0.5) is 0 Å². The fourth-order valence-electron chi connectivity index (χ4n) is 3.23. The van der Waals surface area contributed by atoms with Gasteiger partial charge in [0.05, 0.1) is 0 Å². The fourth-order valence-corrected chi connectivity index (χ4v) is 3.36. The molecule has 82 valence electrons. The first kappa shape index (κ1) is 8.99. The number of hydrogen-bond acceptors (Lipinski definition) is 2. The molecule has 0 aliphatic heterocycles.